The van der Waals surface area contributed by atoms with Crippen molar-refractivity contribution in [3.05, 3.63) is 11.1 Å². The van der Waals surface area contributed by atoms with Crippen LogP contribution in [0.5, 0.6) is 0 Å². The Morgan fingerprint density at radius 3 is 2.71 bits per heavy atom. The van der Waals surface area contributed by atoms with E-state index in [4.69, 9.17) is 4.74 Å². The van der Waals surface area contributed by atoms with Crippen molar-refractivity contribution < 1.29 is 9.53 Å². The lowest BCUT2D eigenvalue weighted by atomic mass is 10.2. The minimum atomic E-state index is -0.00949. The molecular weight excluding hydrogens is 238 g/mol. The van der Waals surface area contributed by atoms with Crippen LogP contribution < -0.4 is 5.32 Å². The maximum Gasteiger partial charge on any atom is 0.273 e. The minimum absolute atomic E-state index is 0.00949. The molecule has 17 heavy (non-hydrogen) atoms. The molecule has 1 aliphatic rings. The van der Waals surface area contributed by atoms with Gasteiger partial charge in [0.1, 0.15) is 5.69 Å². The van der Waals surface area contributed by atoms with Gasteiger partial charge in [0.2, 0.25) is 0 Å². The van der Waals surface area contributed by atoms with Gasteiger partial charge in [0.05, 0.1) is 12.2 Å². The van der Waals surface area contributed by atoms with Crippen molar-refractivity contribution in [2.75, 3.05) is 25.5 Å². The molecule has 6 heteroatoms. The Morgan fingerprint density at radius 1 is 1.53 bits per heavy atom. The van der Waals surface area contributed by atoms with Crippen molar-refractivity contribution in [1.29, 1.82) is 0 Å². The fraction of sp³-hybridized carbons (Fsp3) is 0.636. The zero-order valence-corrected chi connectivity index (χ0v) is 11.1. The number of nitrogens with one attached hydrogen (secondary N) is 1. The lowest BCUT2D eigenvalue weighted by Gasteiger charge is -2.34. The van der Waals surface area contributed by atoms with E-state index in [-0.39, 0.29) is 18.1 Å². The van der Waals surface area contributed by atoms with E-state index in [2.05, 4.69) is 10.3 Å². The van der Waals surface area contributed by atoms with Gasteiger partial charge in [-0.2, -0.15) is 0 Å². The molecule has 94 valence electrons. The molecule has 2 rings (SSSR count). The smallest absolute Gasteiger partial charge is 0.273 e. The molecule has 2 unspecified atom stereocenters. The zero-order valence-electron chi connectivity index (χ0n) is 10.3. The van der Waals surface area contributed by atoms with Crippen LogP contribution in [-0.2, 0) is 4.74 Å². The lowest BCUT2D eigenvalue weighted by Crippen LogP contribution is -2.48. The quantitative estimate of drug-likeness (QED) is 0.868. The third kappa shape index (κ3) is 2.76. The van der Waals surface area contributed by atoms with Crippen molar-refractivity contribution in [3.8, 4) is 0 Å². The number of carbonyl (C=O) groups is 1. The van der Waals surface area contributed by atoms with Crippen LogP contribution in [0, 0.1) is 0 Å². The molecule has 1 N–H and O–H groups in total. The minimum Gasteiger partial charge on any atom is -0.372 e. The number of carbonyl (C=O) groups excluding carboxylic acids is 1. The molecule has 0 bridgehead atoms. The molecule has 1 aromatic heterocycles. The Kier molecular flexibility index (Phi) is 3.63. The van der Waals surface area contributed by atoms with Crippen molar-refractivity contribution in [3.63, 3.8) is 0 Å². The fourth-order valence-electron chi connectivity index (χ4n) is 1.99. The summed E-state index contributed by atoms with van der Waals surface area (Å²) in [5, 5.41) is 5.49. The summed E-state index contributed by atoms with van der Waals surface area (Å²) in [5.41, 5.74) is 0.514. The predicted octanol–water partition coefficient (Wildman–Crippen LogP) is 1.43. The Hall–Kier alpha value is -1.14. The second-order valence-electron chi connectivity index (χ2n) is 4.26. The van der Waals surface area contributed by atoms with E-state index in [1.807, 2.05) is 18.7 Å². The van der Waals surface area contributed by atoms with Crippen LogP contribution in [0.15, 0.2) is 5.38 Å². The molecule has 5 nitrogen and oxygen atoms in total. The topological polar surface area (TPSA) is 54.5 Å². The van der Waals surface area contributed by atoms with E-state index >= 15 is 0 Å². The van der Waals surface area contributed by atoms with Gasteiger partial charge in [-0.05, 0) is 13.8 Å². The van der Waals surface area contributed by atoms with Crippen LogP contribution in [0.3, 0.4) is 0 Å². The van der Waals surface area contributed by atoms with E-state index in [1.165, 1.54) is 11.3 Å². The van der Waals surface area contributed by atoms with Gasteiger partial charge in [-0.3, -0.25) is 4.79 Å². The Bertz CT molecular complexity index is 397. The normalized spacial score (nSPS) is 24.8. The van der Waals surface area contributed by atoms with Crippen LogP contribution in [0.25, 0.3) is 0 Å². The monoisotopic (exact) mass is 255 g/mol. The van der Waals surface area contributed by atoms with Gasteiger partial charge < -0.3 is 15.0 Å². The number of hydrogen-bond acceptors (Lipinski definition) is 5. The maximum absolute atomic E-state index is 12.2. The highest BCUT2D eigenvalue weighted by Crippen LogP contribution is 2.18. The van der Waals surface area contributed by atoms with E-state index in [0.717, 1.165) is 5.13 Å². The maximum atomic E-state index is 12.2. The molecule has 1 aromatic rings. The molecule has 0 aromatic carbocycles. The first-order valence-corrected chi connectivity index (χ1v) is 6.56. The van der Waals surface area contributed by atoms with Crippen LogP contribution in [0.1, 0.15) is 24.3 Å². The molecule has 0 aliphatic carbocycles. The first-order chi connectivity index (χ1) is 8.10. The number of morpholine rings is 1. The molecule has 0 saturated carbocycles. The Morgan fingerprint density at radius 2 is 2.18 bits per heavy atom. The number of nitrogens with zero attached hydrogens (tertiary/aromatic N) is 2. The summed E-state index contributed by atoms with van der Waals surface area (Å²) in [7, 11) is 1.80. The summed E-state index contributed by atoms with van der Waals surface area (Å²) in [6.45, 7) is 5.23. The number of ether oxygens (including phenoxy) is 1. The molecule has 1 amide bonds. The van der Waals surface area contributed by atoms with Crippen molar-refractivity contribution in [2.45, 2.75) is 26.1 Å². The second kappa shape index (κ2) is 5.01. The fourth-order valence-corrected chi connectivity index (χ4v) is 2.64. The number of aromatic nitrogens is 1. The highest BCUT2D eigenvalue weighted by atomic mass is 32.1. The summed E-state index contributed by atoms with van der Waals surface area (Å²) in [5.74, 6) is -0.00949. The van der Waals surface area contributed by atoms with Gasteiger partial charge >= 0.3 is 0 Å². The van der Waals surface area contributed by atoms with Crippen LogP contribution in [-0.4, -0.2) is 48.1 Å². The zero-order chi connectivity index (χ0) is 12.4. The van der Waals surface area contributed by atoms with Crippen molar-refractivity contribution in [2.24, 2.45) is 0 Å². The number of thiazole rings is 1. The molecule has 2 atom stereocenters. The highest BCUT2D eigenvalue weighted by molar-refractivity contribution is 7.13. The van der Waals surface area contributed by atoms with Gasteiger partial charge in [0.15, 0.2) is 5.13 Å². The number of hydrogen-bond donors (Lipinski definition) is 1. The van der Waals surface area contributed by atoms with E-state index < -0.39 is 0 Å². The van der Waals surface area contributed by atoms with Crippen molar-refractivity contribution in [1.82, 2.24) is 9.88 Å². The molecule has 1 saturated heterocycles. The number of anilines is 1. The van der Waals surface area contributed by atoms with Crippen LogP contribution in [0.4, 0.5) is 5.13 Å². The third-order valence-electron chi connectivity index (χ3n) is 2.64. The summed E-state index contributed by atoms with van der Waals surface area (Å²) in [6.07, 6.45) is 0.176. The van der Waals surface area contributed by atoms with Gasteiger partial charge in [-0.1, -0.05) is 0 Å². The summed E-state index contributed by atoms with van der Waals surface area (Å²) < 4.78 is 5.60. The predicted molar refractivity (Wildman–Crippen MR) is 67.6 cm³/mol. The Labute approximate surface area is 105 Å². The standard InChI is InChI=1S/C11H17N3O2S/c1-7-4-14(5-8(2)16-7)10(15)9-6-17-11(12-3)13-9/h6-8H,4-5H2,1-3H3,(H,12,13). The molecule has 0 radical (unpaired) electrons. The lowest BCUT2D eigenvalue weighted by molar-refractivity contribution is -0.0587. The second-order valence-corrected chi connectivity index (χ2v) is 5.11. The average molecular weight is 255 g/mol. The average Bonchev–Trinajstić information content (AvgIpc) is 2.75. The first kappa shape index (κ1) is 12.3. The van der Waals surface area contributed by atoms with Gasteiger partial charge in [0.25, 0.3) is 5.91 Å². The number of rotatable bonds is 2. The molecule has 1 aliphatic heterocycles. The number of amides is 1. The summed E-state index contributed by atoms with van der Waals surface area (Å²) >= 11 is 1.44. The van der Waals surface area contributed by atoms with E-state index in [0.29, 0.717) is 18.8 Å². The highest BCUT2D eigenvalue weighted by Gasteiger charge is 2.27. The molecule has 2 heterocycles. The van der Waals surface area contributed by atoms with Crippen LogP contribution >= 0.6 is 11.3 Å². The molecule has 1 fully saturated rings. The van der Waals surface area contributed by atoms with E-state index in [1.54, 1.807) is 12.4 Å². The van der Waals surface area contributed by atoms with Gasteiger partial charge in [-0.25, -0.2) is 4.98 Å². The SMILES string of the molecule is CNc1nc(C(=O)N2CC(C)OC(C)C2)cs1. The molecular formula is C11H17N3O2S. The summed E-state index contributed by atoms with van der Waals surface area (Å²) in [6, 6.07) is 0. The Balaban J connectivity index is 2.08. The van der Waals surface area contributed by atoms with Gasteiger partial charge in [0, 0.05) is 25.5 Å². The summed E-state index contributed by atoms with van der Waals surface area (Å²) in [4.78, 5) is 18.2. The third-order valence-corrected chi connectivity index (χ3v) is 3.50. The van der Waals surface area contributed by atoms with Gasteiger partial charge in [-0.15, -0.1) is 11.3 Å². The molecule has 0 spiro atoms. The van der Waals surface area contributed by atoms with Crippen LogP contribution in [0.2, 0.25) is 0 Å². The van der Waals surface area contributed by atoms with Crippen molar-refractivity contribution >= 4 is 22.4 Å². The van der Waals surface area contributed by atoms with E-state index in [9.17, 15) is 4.79 Å². The largest absolute Gasteiger partial charge is 0.372 e. The first-order valence-electron chi connectivity index (χ1n) is 5.68.